The summed E-state index contributed by atoms with van der Waals surface area (Å²) in [5.41, 5.74) is 2.14. The third-order valence-electron chi connectivity index (χ3n) is 6.22. The third kappa shape index (κ3) is 8.84. The fraction of sp³-hybridized carbons (Fsp3) is 0.630. The zero-order chi connectivity index (χ0) is 23.5. The number of unbranched alkanes of at least 4 members (excludes halogenated alkanes) is 2. The number of aliphatic hydroxyl groups is 1. The van der Waals surface area contributed by atoms with E-state index in [2.05, 4.69) is 65.3 Å². The minimum Gasteiger partial charge on any atom is -0.496 e. The lowest BCUT2D eigenvalue weighted by atomic mass is 9.98. The second-order valence-corrected chi connectivity index (χ2v) is 14.5. The van der Waals surface area contributed by atoms with Crippen LogP contribution in [0.4, 0.5) is 0 Å². The van der Waals surface area contributed by atoms with E-state index in [1.165, 1.54) is 12.8 Å². The van der Waals surface area contributed by atoms with Crippen molar-refractivity contribution < 1.29 is 14.3 Å². The maximum Gasteiger partial charge on any atom is 0.194 e. The molecule has 0 saturated carbocycles. The van der Waals surface area contributed by atoms with Crippen molar-refractivity contribution in [2.45, 2.75) is 103 Å². The van der Waals surface area contributed by atoms with Gasteiger partial charge in [-0.1, -0.05) is 71.1 Å². The van der Waals surface area contributed by atoms with Crippen LogP contribution in [0.25, 0.3) is 0 Å². The van der Waals surface area contributed by atoms with Crippen molar-refractivity contribution in [3.05, 3.63) is 42.0 Å². The maximum atomic E-state index is 10.2. The van der Waals surface area contributed by atoms with E-state index in [9.17, 15) is 5.11 Å². The SMILES string of the molecule is C=CCc1c(OC)cccc1C(C#CCC[C@@H](O)CCCCC)O[Si](C)(C)C(C)(C)C. The fourth-order valence-corrected chi connectivity index (χ4v) is 4.33. The Hall–Kier alpha value is -1.54. The maximum absolute atomic E-state index is 10.2. The molecule has 0 aliphatic carbocycles. The summed E-state index contributed by atoms with van der Waals surface area (Å²) in [6, 6.07) is 6.07. The third-order valence-corrected chi connectivity index (χ3v) is 10.7. The van der Waals surface area contributed by atoms with Crippen LogP contribution in [0.15, 0.2) is 30.9 Å². The van der Waals surface area contributed by atoms with Crippen molar-refractivity contribution in [1.29, 1.82) is 0 Å². The molecule has 0 radical (unpaired) electrons. The Morgan fingerprint density at radius 1 is 1.19 bits per heavy atom. The first-order chi connectivity index (χ1) is 14.6. The lowest BCUT2D eigenvalue weighted by Gasteiger charge is -2.38. The molecular weight excluding hydrogens is 400 g/mol. The van der Waals surface area contributed by atoms with E-state index >= 15 is 0 Å². The van der Waals surface area contributed by atoms with Crippen LogP contribution in [-0.2, 0) is 10.8 Å². The summed E-state index contributed by atoms with van der Waals surface area (Å²) in [5, 5.41) is 10.3. The van der Waals surface area contributed by atoms with Crippen LogP contribution in [0.5, 0.6) is 5.75 Å². The van der Waals surface area contributed by atoms with Gasteiger partial charge in [-0.2, -0.15) is 0 Å². The van der Waals surface area contributed by atoms with Crippen LogP contribution in [0.1, 0.15) is 83.5 Å². The second-order valence-electron chi connectivity index (χ2n) is 9.79. The van der Waals surface area contributed by atoms with Gasteiger partial charge >= 0.3 is 0 Å². The van der Waals surface area contributed by atoms with E-state index in [1.807, 2.05) is 18.2 Å². The highest BCUT2D eigenvalue weighted by atomic mass is 28.4. The fourth-order valence-electron chi connectivity index (χ4n) is 3.20. The molecule has 4 heteroatoms. The Balaban J connectivity index is 3.14. The molecule has 1 unspecified atom stereocenters. The van der Waals surface area contributed by atoms with Crippen LogP contribution in [0, 0.1) is 11.8 Å². The van der Waals surface area contributed by atoms with E-state index in [4.69, 9.17) is 9.16 Å². The van der Waals surface area contributed by atoms with Gasteiger partial charge in [0.2, 0.25) is 0 Å². The van der Waals surface area contributed by atoms with Crippen LogP contribution < -0.4 is 4.74 Å². The first kappa shape index (κ1) is 27.5. The normalized spacial score (nSPS) is 13.8. The molecule has 1 aromatic carbocycles. The van der Waals surface area contributed by atoms with Crippen molar-refractivity contribution in [2.75, 3.05) is 7.11 Å². The largest absolute Gasteiger partial charge is 0.496 e. The average molecular weight is 445 g/mol. The summed E-state index contributed by atoms with van der Waals surface area (Å²) in [7, 11) is -0.351. The predicted molar refractivity (Wildman–Crippen MR) is 135 cm³/mol. The van der Waals surface area contributed by atoms with Crippen molar-refractivity contribution >= 4 is 8.32 Å². The zero-order valence-corrected chi connectivity index (χ0v) is 21.9. The van der Waals surface area contributed by atoms with Gasteiger partial charge in [0.15, 0.2) is 8.32 Å². The molecule has 174 valence electrons. The molecule has 0 heterocycles. The number of allylic oxidation sites excluding steroid dienone is 1. The van der Waals surface area contributed by atoms with Crippen molar-refractivity contribution in [3.63, 3.8) is 0 Å². The average Bonchev–Trinajstić information content (AvgIpc) is 2.70. The van der Waals surface area contributed by atoms with E-state index in [-0.39, 0.29) is 17.2 Å². The van der Waals surface area contributed by atoms with Crippen LogP contribution in [0.2, 0.25) is 18.1 Å². The monoisotopic (exact) mass is 444 g/mol. The van der Waals surface area contributed by atoms with E-state index in [1.54, 1.807) is 7.11 Å². The number of benzene rings is 1. The molecule has 0 aliphatic rings. The Labute approximate surface area is 192 Å². The Morgan fingerprint density at radius 3 is 2.48 bits per heavy atom. The predicted octanol–water partition coefficient (Wildman–Crippen LogP) is 7.21. The Morgan fingerprint density at radius 2 is 1.90 bits per heavy atom. The molecule has 0 aromatic heterocycles. The number of rotatable bonds is 12. The first-order valence-corrected chi connectivity index (χ1v) is 14.6. The highest BCUT2D eigenvalue weighted by molar-refractivity contribution is 6.74. The molecule has 0 spiro atoms. The number of methoxy groups -OCH3 is 1. The lowest BCUT2D eigenvalue weighted by molar-refractivity contribution is 0.153. The highest BCUT2D eigenvalue weighted by Crippen LogP contribution is 2.41. The van der Waals surface area contributed by atoms with Crippen LogP contribution >= 0.6 is 0 Å². The highest BCUT2D eigenvalue weighted by Gasteiger charge is 2.39. The van der Waals surface area contributed by atoms with Gasteiger partial charge in [-0.05, 0) is 49.0 Å². The molecule has 3 nitrogen and oxygen atoms in total. The molecule has 0 saturated heterocycles. The van der Waals surface area contributed by atoms with Gasteiger partial charge in [-0.3, -0.25) is 0 Å². The zero-order valence-electron chi connectivity index (χ0n) is 20.9. The van der Waals surface area contributed by atoms with Gasteiger partial charge in [-0.15, -0.1) is 12.5 Å². The summed E-state index contributed by atoms with van der Waals surface area (Å²) in [5.74, 6) is 7.55. The Kier molecular flexibility index (Phi) is 11.6. The molecule has 1 N–H and O–H groups in total. The lowest BCUT2D eigenvalue weighted by Crippen LogP contribution is -2.41. The minimum absolute atomic E-state index is 0.0832. The number of hydrogen-bond acceptors (Lipinski definition) is 3. The van der Waals surface area contributed by atoms with Gasteiger partial charge in [0.1, 0.15) is 11.9 Å². The second kappa shape index (κ2) is 13.1. The summed E-state index contributed by atoms with van der Waals surface area (Å²) >= 11 is 0. The first-order valence-electron chi connectivity index (χ1n) is 11.7. The van der Waals surface area contributed by atoms with E-state index in [0.29, 0.717) is 19.3 Å². The summed E-state index contributed by atoms with van der Waals surface area (Å²) in [6.45, 7) is 17.3. The molecule has 0 fully saturated rings. The topological polar surface area (TPSA) is 38.7 Å². The van der Waals surface area contributed by atoms with Gasteiger partial charge < -0.3 is 14.3 Å². The number of hydrogen-bond donors (Lipinski definition) is 1. The smallest absolute Gasteiger partial charge is 0.194 e. The molecule has 1 rings (SSSR count). The van der Waals surface area contributed by atoms with E-state index < -0.39 is 8.32 Å². The number of aliphatic hydroxyl groups excluding tert-OH is 1. The van der Waals surface area contributed by atoms with Gasteiger partial charge in [0.05, 0.1) is 13.2 Å². The van der Waals surface area contributed by atoms with E-state index in [0.717, 1.165) is 29.7 Å². The molecule has 2 atom stereocenters. The van der Waals surface area contributed by atoms with Crippen LogP contribution in [0.3, 0.4) is 0 Å². The Bertz CT molecular complexity index is 737. The number of ether oxygens (including phenoxy) is 1. The molecule has 0 aliphatic heterocycles. The molecule has 0 amide bonds. The molecule has 0 bridgehead atoms. The van der Waals surface area contributed by atoms with Crippen molar-refractivity contribution in [1.82, 2.24) is 0 Å². The molecule has 1 aromatic rings. The molecular formula is C27H44O3Si. The van der Waals surface area contributed by atoms with Gasteiger partial charge in [-0.25, -0.2) is 0 Å². The van der Waals surface area contributed by atoms with Gasteiger partial charge in [0.25, 0.3) is 0 Å². The summed E-state index contributed by atoms with van der Waals surface area (Å²) in [6.07, 6.45) is 7.68. The molecule has 31 heavy (non-hydrogen) atoms. The minimum atomic E-state index is -2.05. The van der Waals surface area contributed by atoms with Crippen molar-refractivity contribution in [2.24, 2.45) is 0 Å². The summed E-state index contributed by atoms with van der Waals surface area (Å²) < 4.78 is 12.4. The quantitative estimate of drug-likeness (QED) is 0.160. The van der Waals surface area contributed by atoms with Crippen molar-refractivity contribution in [3.8, 4) is 17.6 Å². The standard InChI is InChI=1S/C27H44O3Si/c1-9-11-12-17-22(28)18-13-14-20-26(30-31(7,8)27(3,4)5)24-19-15-21-25(29-6)23(24)16-10-2/h10,15,19,21-22,26,28H,2,9,11-13,16-18H2,1,3-8H3/t22-,26?/m0/s1. The summed E-state index contributed by atoms with van der Waals surface area (Å²) in [4.78, 5) is 0. The van der Waals surface area contributed by atoms with Gasteiger partial charge in [0, 0.05) is 12.0 Å². The van der Waals surface area contributed by atoms with Crippen LogP contribution in [-0.4, -0.2) is 26.6 Å².